The highest BCUT2D eigenvalue weighted by atomic mass is 19.4. The minimum absolute atomic E-state index is 0.0864. The number of nitrogens with one attached hydrogen (secondary N) is 1. The van der Waals surface area contributed by atoms with Gasteiger partial charge in [-0.1, -0.05) is 0 Å². The number of hydrogen-bond donors (Lipinski definition) is 1. The van der Waals surface area contributed by atoms with Gasteiger partial charge < -0.3 is 10.2 Å². The van der Waals surface area contributed by atoms with E-state index in [1.807, 2.05) is 0 Å². The summed E-state index contributed by atoms with van der Waals surface area (Å²) in [6.45, 7) is -0.618. The number of imide groups is 1. The van der Waals surface area contributed by atoms with E-state index in [1.54, 1.807) is 0 Å². The van der Waals surface area contributed by atoms with E-state index in [0.717, 1.165) is 0 Å². The van der Waals surface area contributed by atoms with Crippen molar-refractivity contribution in [3.63, 3.8) is 0 Å². The van der Waals surface area contributed by atoms with Crippen molar-refractivity contribution < 1.29 is 37.2 Å². The molecule has 0 saturated carbocycles. The zero-order valence-corrected chi connectivity index (χ0v) is 9.45. The van der Waals surface area contributed by atoms with Gasteiger partial charge in [-0.3, -0.25) is 14.4 Å². The summed E-state index contributed by atoms with van der Waals surface area (Å²) in [7, 11) is 0. The molecule has 0 aromatic carbocycles. The molecule has 0 aromatic rings. The molecule has 0 aliphatic carbocycles. The first-order valence-corrected chi connectivity index (χ1v) is 5.13. The molecule has 0 spiro atoms. The molecule has 1 fully saturated rings. The van der Waals surface area contributed by atoms with Gasteiger partial charge in [-0.05, 0) is 0 Å². The minimum Gasteiger partial charge on any atom is -0.348 e. The van der Waals surface area contributed by atoms with Gasteiger partial charge in [-0.15, -0.1) is 5.06 Å². The number of carbonyl (C=O) groups is 4. The first-order chi connectivity index (χ1) is 8.71. The fourth-order valence-corrected chi connectivity index (χ4v) is 1.18. The Balaban J connectivity index is 2.31. The molecule has 106 valence electrons. The number of rotatable bonds is 4. The van der Waals surface area contributed by atoms with E-state index in [4.69, 9.17) is 0 Å². The molecule has 1 heterocycles. The van der Waals surface area contributed by atoms with Crippen molar-refractivity contribution in [2.24, 2.45) is 0 Å². The molecule has 0 aromatic heterocycles. The number of nitrogens with zero attached hydrogens (tertiary/aromatic N) is 1. The Morgan fingerprint density at radius 2 is 1.74 bits per heavy atom. The Labute approximate surface area is 104 Å². The summed E-state index contributed by atoms with van der Waals surface area (Å²) < 4.78 is 35.3. The van der Waals surface area contributed by atoms with Crippen LogP contribution in [-0.2, 0) is 24.0 Å². The van der Waals surface area contributed by atoms with Crippen LogP contribution in [0.4, 0.5) is 13.2 Å². The quantitative estimate of drug-likeness (QED) is 0.712. The van der Waals surface area contributed by atoms with Crippen LogP contribution in [0.3, 0.4) is 0 Å². The van der Waals surface area contributed by atoms with Crippen LogP contribution in [0.15, 0.2) is 0 Å². The molecule has 1 rings (SSSR count). The molecule has 1 saturated heterocycles. The highest BCUT2D eigenvalue weighted by Gasteiger charge is 2.38. The Morgan fingerprint density at radius 3 is 2.21 bits per heavy atom. The fraction of sp³-hybridized carbons (Fsp3) is 0.556. The van der Waals surface area contributed by atoms with Gasteiger partial charge in [0, 0.05) is 19.4 Å². The largest absolute Gasteiger partial charge is 0.471 e. The number of amides is 3. The normalized spacial score (nSPS) is 15.6. The maximum absolute atomic E-state index is 11.8. The van der Waals surface area contributed by atoms with E-state index in [-0.39, 0.29) is 17.9 Å². The molecule has 3 amide bonds. The third-order valence-corrected chi connectivity index (χ3v) is 2.07. The van der Waals surface area contributed by atoms with Gasteiger partial charge in [0.2, 0.25) is 0 Å². The van der Waals surface area contributed by atoms with Crippen molar-refractivity contribution >= 4 is 23.7 Å². The van der Waals surface area contributed by atoms with Crippen LogP contribution in [-0.4, -0.2) is 41.5 Å². The molecule has 19 heavy (non-hydrogen) atoms. The molecule has 1 aliphatic heterocycles. The molecule has 1 N–H and O–H groups in total. The average Bonchev–Trinajstić information content (AvgIpc) is 2.59. The predicted molar refractivity (Wildman–Crippen MR) is 50.9 cm³/mol. The predicted octanol–water partition coefficient (Wildman–Crippen LogP) is -0.338. The van der Waals surface area contributed by atoms with Crippen LogP contribution >= 0.6 is 0 Å². The van der Waals surface area contributed by atoms with Gasteiger partial charge >= 0.3 is 18.1 Å². The SMILES string of the molecule is O=C(CCNC(=O)C(F)(F)F)ON1C(=O)CCC1=O. The van der Waals surface area contributed by atoms with Crippen molar-refractivity contribution in [2.75, 3.05) is 6.54 Å². The van der Waals surface area contributed by atoms with Crippen LogP contribution < -0.4 is 5.32 Å². The molecular weight excluding hydrogens is 273 g/mol. The summed E-state index contributed by atoms with van der Waals surface area (Å²) in [4.78, 5) is 48.0. The lowest BCUT2D eigenvalue weighted by Crippen LogP contribution is -2.38. The van der Waals surface area contributed by atoms with Crippen LogP contribution in [0.2, 0.25) is 0 Å². The summed E-state index contributed by atoms with van der Waals surface area (Å²) in [5, 5.41) is 1.72. The van der Waals surface area contributed by atoms with Crippen LogP contribution in [0.1, 0.15) is 19.3 Å². The minimum atomic E-state index is -5.04. The van der Waals surface area contributed by atoms with Gasteiger partial charge in [0.15, 0.2) is 0 Å². The Morgan fingerprint density at radius 1 is 1.21 bits per heavy atom. The maximum Gasteiger partial charge on any atom is 0.471 e. The molecule has 0 radical (unpaired) electrons. The van der Waals surface area contributed by atoms with Crippen molar-refractivity contribution in [3.05, 3.63) is 0 Å². The van der Waals surface area contributed by atoms with Crippen molar-refractivity contribution in [3.8, 4) is 0 Å². The summed E-state index contributed by atoms with van der Waals surface area (Å²) >= 11 is 0. The lowest BCUT2D eigenvalue weighted by Gasteiger charge is -2.12. The second kappa shape index (κ2) is 5.67. The first kappa shape index (κ1) is 14.9. The standard InChI is InChI=1S/C9H9F3N2O5/c10-9(11,12)8(18)13-4-3-7(17)19-14-5(15)1-2-6(14)16/h1-4H2,(H,13,18). The molecule has 0 bridgehead atoms. The average molecular weight is 282 g/mol. The van der Waals surface area contributed by atoms with Gasteiger partial charge in [-0.2, -0.15) is 13.2 Å². The highest BCUT2D eigenvalue weighted by Crippen LogP contribution is 2.14. The zero-order chi connectivity index (χ0) is 14.6. The van der Waals surface area contributed by atoms with Crippen LogP contribution in [0.5, 0.6) is 0 Å². The topological polar surface area (TPSA) is 92.8 Å². The first-order valence-electron chi connectivity index (χ1n) is 5.13. The molecule has 0 unspecified atom stereocenters. The number of carbonyl (C=O) groups excluding carboxylic acids is 4. The summed E-state index contributed by atoms with van der Waals surface area (Å²) in [5.41, 5.74) is 0. The van der Waals surface area contributed by atoms with Crippen molar-refractivity contribution in [2.45, 2.75) is 25.4 Å². The van der Waals surface area contributed by atoms with Crippen molar-refractivity contribution in [1.29, 1.82) is 0 Å². The Hall–Kier alpha value is -2.13. The third-order valence-electron chi connectivity index (χ3n) is 2.07. The van der Waals surface area contributed by atoms with Gasteiger partial charge in [-0.25, -0.2) is 4.79 Å². The smallest absolute Gasteiger partial charge is 0.348 e. The lowest BCUT2D eigenvalue weighted by atomic mass is 10.4. The molecule has 1 aliphatic rings. The summed E-state index contributed by atoms with van der Waals surface area (Å²) in [6.07, 6.45) is -5.81. The second-order valence-corrected chi connectivity index (χ2v) is 3.55. The zero-order valence-electron chi connectivity index (χ0n) is 9.45. The van der Waals surface area contributed by atoms with E-state index in [0.29, 0.717) is 0 Å². The summed E-state index contributed by atoms with van der Waals surface area (Å²) in [6, 6.07) is 0. The van der Waals surface area contributed by atoms with Gasteiger partial charge in [0.05, 0.1) is 6.42 Å². The maximum atomic E-state index is 11.8. The van der Waals surface area contributed by atoms with Gasteiger partial charge in [0.1, 0.15) is 0 Å². The van der Waals surface area contributed by atoms with E-state index >= 15 is 0 Å². The highest BCUT2D eigenvalue weighted by molar-refractivity contribution is 6.01. The number of alkyl halides is 3. The van der Waals surface area contributed by atoms with E-state index in [1.165, 1.54) is 5.32 Å². The number of hydrogen-bond acceptors (Lipinski definition) is 5. The number of hydroxylamine groups is 2. The molecule has 0 atom stereocenters. The fourth-order valence-electron chi connectivity index (χ4n) is 1.18. The Kier molecular flexibility index (Phi) is 4.46. The summed E-state index contributed by atoms with van der Waals surface area (Å²) in [5.74, 6) is -4.67. The molecule has 7 nitrogen and oxygen atoms in total. The Bertz CT molecular complexity index is 405. The van der Waals surface area contributed by atoms with Crippen LogP contribution in [0.25, 0.3) is 0 Å². The molecular formula is C9H9F3N2O5. The van der Waals surface area contributed by atoms with E-state index in [9.17, 15) is 32.3 Å². The molecule has 10 heteroatoms. The second-order valence-electron chi connectivity index (χ2n) is 3.55. The van der Waals surface area contributed by atoms with E-state index in [2.05, 4.69) is 4.84 Å². The van der Waals surface area contributed by atoms with Crippen molar-refractivity contribution in [1.82, 2.24) is 10.4 Å². The lowest BCUT2D eigenvalue weighted by molar-refractivity contribution is -0.197. The van der Waals surface area contributed by atoms with Gasteiger partial charge in [0.25, 0.3) is 11.8 Å². The van der Waals surface area contributed by atoms with E-state index < -0.39 is 42.8 Å². The number of halogens is 3. The van der Waals surface area contributed by atoms with Crippen LogP contribution in [0, 0.1) is 0 Å². The third kappa shape index (κ3) is 4.23. The monoisotopic (exact) mass is 282 g/mol.